The van der Waals surface area contributed by atoms with Crippen molar-refractivity contribution in [2.75, 3.05) is 7.11 Å². The van der Waals surface area contributed by atoms with Gasteiger partial charge in [-0.2, -0.15) is 5.10 Å². The highest BCUT2D eigenvalue weighted by Crippen LogP contribution is 2.11. The lowest BCUT2D eigenvalue weighted by molar-refractivity contribution is -0.121. The first-order chi connectivity index (χ1) is 11.8. The summed E-state index contributed by atoms with van der Waals surface area (Å²) in [5.74, 6) is 0.553. The maximum absolute atomic E-state index is 11.9. The summed E-state index contributed by atoms with van der Waals surface area (Å²) in [6.45, 7) is 0.445. The molecule has 0 radical (unpaired) electrons. The molecule has 1 N–H and O–H groups in total. The van der Waals surface area contributed by atoms with Gasteiger partial charge in [0.15, 0.2) is 0 Å². The summed E-state index contributed by atoms with van der Waals surface area (Å²) in [6.07, 6.45) is 1.84. The van der Waals surface area contributed by atoms with Crippen LogP contribution in [-0.2, 0) is 11.3 Å². The minimum absolute atomic E-state index is 0.186. The third-order valence-electron chi connectivity index (χ3n) is 3.47. The van der Waals surface area contributed by atoms with Crippen LogP contribution in [0.4, 0.5) is 0 Å². The molecule has 0 saturated heterocycles. The van der Waals surface area contributed by atoms with Crippen LogP contribution in [0.3, 0.4) is 0 Å². The molecule has 0 aliphatic rings. The molecule has 0 atom stereocenters. The van der Waals surface area contributed by atoms with E-state index in [1.807, 2.05) is 48.5 Å². The molecule has 1 heterocycles. The van der Waals surface area contributed by atoms with Crippen LogP contribution in [0.1, 0.15) is 12.0 Å². The van der Waals surface area contributed by atoms with Crippen molar-refractivity contribution in [2.24, 2.45) is 5.10 Å². The second kappa shape index (κ2) is 7.36. The first-order valence-corrected chi connectivity index (χ1v) is 7.50. The van der Waals surface area contributed by atoms with Crippen LogP contribution in [0.5, 0.6) is 5.75 Å². The van der Waals surface area contributed by atoms with Crippen LogP contribution in [0.25, 0.3) is 11.0 Å². The van der Waals surface area contributed by atoms with Crippen LogP contribution in [0, 0.1) is 0 Å². The van der Waals surface area contributed by atoms with E-state index in [-0.39, 0.29) is 12.3 Å². The molecule has 122 valence electrons. The van der Waals surface area contributed by atoms with Crippen LogP contribution in [0.2, 0.25) is 0 Å². The summed E-state index contributed by atoms with van der Waals surface area (Å²) in [6, 6.07) is 15.0. The number of carbonyl (C=O) groups is 1. The average molecular weight is 323 g/mol. The van der Waals surface area contributed by atoms with Crippen LogP contribution in [0.15, 0.2) is 53.6 Å². The van der Waals surface area contributed by atoms with E-state index < -0.39 is 0 Å². The second-order valence-corrected chi connectivity index (χ2v) is 5.12. The van der Waals surface area contributed by atoms with Gasteiger partial charge in [0.1, 0.15) is 11.3 Å². The zero-order valence-corrected chi connectivity index (χ0v) is 13.2. The molecule has 1 amide bonds. The van der Waals surface area contributed by atoms with Crippen molar-refractivity contribution in [1.29, 1.82) is 0 Å². The summed E-state index contributed by atoms with van der Waals surface area (Å²) in [5, 5.41) is 12.1. The molecule has 1 aromatic heterocycles. The molecule has 0 saturated carbocycles. The monoisotopic (exact) mass is 323 g/mol. The smallest absolute Gasteiger partial charge is 0.241 e. The number of benzene rings is 2. The van der Waals surface area contributed by atoms with E-state index in [4.69, 9.17) is 4.74 Å². The number of rotatable bonds is 6. The number of nitrogens with zero attached hydrogens (tertiary/aromatic N) is 4. The fourth-order valence-corrected chi connectivity index (χ4v) is 2.25. The summed E-state index contributed by atoms with van der Waals surface area (Å²) in [7, 11) is 1.60. The molecular formula is C17H17N5O2. The lowest BCUT2D eigenvalue weighted by atomic mass is 10.2. The molecule has 0 fully saturated rings. The van der Waals surface area contributed by atoms with E-state index in [2.05, 4.69) is 20.8 Å². The number of carbonyl (C=O) groups excluding carboxylic acids is 1. The topological polar surface area (TPSA) is 81.4 Å². The van der Waals surface area contributed by atoms with Crippen LogP contribution < -0.4 is 10.2 Å². The Balaban J connectivity index is 1.53. The van der Waals surface area contributed by atoms with Crippen molar-refractivity contribution in [2.45, 2.75) is 13.0 Å². The molecule has 0 unspecified atom stereocenters. The van der Waals surface area contributed by atoms with E-state index in [0.29, 0.717) is 6.54 Å². The molecule has 7 nitrogen and oxygen atoms in total. The number of hydrogen-bond acceptors (Lipinski definition) is 5. The molecule has 7 heteroatoms. The van der Waals surface area contributed by atoms with Crippen molar-refractivity contribution >= 4 is 23.2 Å². The Labute approximate surface area is 138 Å². The molecule has 0 aliphatic heterocycles. The molecule has 24 heavy (non-hydrogen) atoms. The van der Waals surface area contributed by atoms with Crippen molar-refractivity contribution in [3.8, 4) is 5.75 Å². The number of hydrogen-bond donors (Lipinski definition) is 1. The third kappa shape index (κ3) is 3.75. The van der Waals surface area contributed by atoms with Gasteiger partial charge >= 0.3 is 0 Å². The summed E-state index contributed by atoms with van der Waals surface area (Å²) in [5.41, 5.74) is 5.07. The number of nitrogens with one attached hydrogen (secondary N) is 1. The highest BCUT2D eigenvalue weighted by molar-refractivity contribution is 5.82. The molecule has 2 aromatic carbocycles. The normalized spacial score (nSPS) is 11.0. The summed E-state index contributed by atoms with van der Waals surface area (Å²) >= 11 is 0. The molecule has 0 aliphatic carbocycles. The van der Waals surface area contributed by atoms with Gasteiger partial charge in [0.05, 0.1) is 25.4 Å². The van der Waals surface area contributed by atoms with Gasteiger partial charge in [0, 0.05) is 6.42 Å². The Morgan fingerprint density at radius 2 is 2.17 bits per heavy atom. The quantitative estimate of drug-likeness (QED) is 0.555. The predicted molar refractivity (Wildman–Crippen MR) is 90.9 cm³/mol. The Hall–Kier alpha value is -3.22. The Morgan fingerprint density at radius 1 is 1.29 bits per heavy atom. The van der Waals surface area contributed by atoms with E-state index in [9.17, 15) is 4.79 Å². The van der Waals surface area contributed by atoms with E-state index in [1.165, 1.54) is 0 Å². The first kappa shape index (κ1) is 15.7. The molecule has 3 aromatic rings. The number of aromatic nitrogens is 3. The largest absolute Gasteiger partial charge is 0.497 e. The minimum atomic E-state index is -0.186. The van der Waals surface area contributed by atoms with Gasteiger partial charge < -0.3 is 4.74 Å². The summed E-state index contributed by atoms with van der Waals surface area (Å²) < 4.78 is 6.84. The second-order valence-electron chi connectivity index (χ2n) is 5.12. The number of ether oxygens (including phenoxy) is 1. The highest BCUT2D eigenvalue weighted by Gasteiger charge is 2.05. The van der Waals surface area contributed by atoms with E-state index in [1.54, 1.807) is 18.0 Å². The molecule has 0 bridgehead atoms. The Kier molecular flexibility index (Phi) is 4.81. The van der Waals surface area contributed by atoms with Gasteiger partial charge in [-0.1, -0.05) is 29.5 Å². The molecular weight excluding hydrogens is 306 g/mol. The van der Waals surface area contributed by atoms with Crippen molar-refractivity contribution in [3.05, 3.63) is 54.1 Å². The van der Waals surface area contributed by atoms with Crippen LogP contribution >= 0.6 is 0 Å². The highest BCUT2D eigenvalue weighted by atomic mass is 16.5. The zero-order chi connectivity index (χ0) is 16.8. The van der Waals surface area contributed by atoms with Gasteiger partial charge in [0.25, 0.3) is 0 Å². The number of para-hydroxylation sites is 1. The van der Waals surface area contributed by atoms with Gasteiger partial charge in [-0.05, 0) is 29.8 Å². The van der Waals surface area contributed by atoms with Gasteiger partial charge in [-0.25, -0.2) is 10.1 Å². The van der Waals surface area contributed by atoms with Crippen molar-refractivity contribution in [3.63, 3.8) is 0 Å². The van der Waals surface area contributed by atoms with E-state index >= 15 is 0 Å². The Bertz CT molecular complexity index is 872. The fraction of sp³-hybridized carbons (Fsp3) is 0.176. The van der Waals surface area contributed by atoms with E-state index in [0.717, 1.165) is 22.3 Å². The zero-order valence-electron chi connectivity index (χ0n) is 13.2. The number of hydrazone groups is 1. The number of methoxy groups -OCH3 is 1. The maximum atomic E-state index is 11.9. The molecule has 0 spiro atoms. The predicted octanol–water partition coefficient (Wildman–Crippen LogP) is 1.98. The number of aryl methyl sites for hydroxylation is 1. The number of amides is 1. The van der Waals surface area contributed by atoms with Crippen molar-refractivity contribution < 1.29 is 9.53 Å². The molecule has 3 rings (SSSR count). The maximum Gasteiger partial charge on any atom is 0.241 e. The Morgan fingerprint density at radius 3 is 3.04 bits per heavy atom. The standard InChI is InChI=1S/C17H17N5O2/c1-24-14-6-4-5-13(11-14)12-18-20-17(23)9-10-22-16-8-3-2-7-15(16)19-21-22/h2-8,11-12H,9-10H2,1H3,(H,20,23). The lowest BCUT2D eigenvalue weighted by Gasteiger charge is -2.02. The first-order valence-electron chi connectivity index (χ1n) is 7.50. The minimum Gasteiger partial charge on any atom is -0.497 e. The number of fused-ring (bicyclic) bond motifs is 1. The third-order valence-corrected chi connectivity index (χ3v) is 3.47. The summed E-state index contributed by atoms with van der Waals surface area (Å²) in [4.78, 5) is 11.9. The van der Waals surface area contributed by atoms with Gasteiger partial charge in [-0.15, -0.1) is 5.10 Å². The van der Waals surface area contributed by atoms with Crippen LogP contribution in [-0.4, -0.2) is 34.2 Å². The van der Waals surface area contributed by atoms with Crippen molar-refractivity contribution in [1.82, 2.24) is 20.4 Å². The average Bonchev–Trinajstić information content (AvgIpc) is 3.03. The van der Waals surface area contributed by atoms with Gasteiger partial charge in [0.2, 0.25) is 5.91 Å². The fourth-order valence-electron chi connectivity index (χ4n) is 2.25. The SMILES string of the molecule is COc1cccc(C=NNC(=O)CCn2nnc3ccccc32)c1. The van der Waals surface area contributed by atoms with Gasteiger partial charge in [-0.3, -0.25) is 4.79 Å². The lowest BCUT2D eigenvalue weighted by Crippen LogP contribution is -2.19.